The normalized spacial score (nSPS) is 10.2. The first-order valence-corrected chi connectivity index (χ1v) is 9.44. The highest BCUT2D eigenvalue weighted by atomic mass is 79.9. The van der Waals surface area contributed by atoms with Crippen molar-refractivity contribution in [1.29, 1.82) is 0 Å². The van der Waals surface area contributed by atoms with Crippen molar-refractivity contribution >= 4 is 72.3 Å². The number of hydrogen-bond acceptors (Lipinski definition) is 5. The molecule has 2 N–H and O–H groups in total. The Bertz CT molecular complexity index is 744. The number of hydrazine groups is 1. The van der Waals surface area contributed by atoms with Gasteiger partial charge in [0.25, 0.3) is 17.7 Å². The lowest BCUT2D eigenvalue weighted by Crippen LogP contribution is -2.46. The van der Waals surface area contributed by atoms with Crippen LogP contribution in [0, 0.1) is 0 Å². The van der Waals surface area contributed by atoms with Gasteiger partial charge in [-0.15, -0.1) is 22.7 Å². The summed E-state index contributed by atoms with van der Waals surface area (Å²) in [6, 6.07) is 6.83. The highest BCUT2D eigenvalue weighted by Gasteiger charge is 2.17. The second kappa shape index (κ2) is 8.04. The predicted molar refractivity (Wildman–Crippen MR) is 96.6 cm³/mol. The van der Waals surface area contributed by atoms with Crippen LogP contribution >= 0.6 is 54.5 Å². The molecule has 2 rings (SSSR count). The van der Waals surface area contributed by atoms with E-state index in [0.29, 0.717) is 9.75 Å². The lowest BCUT2D eigenvalue weighted by atomic mass is 10.4. The Labute approximate surface area is 157 Å². The molecule has 0 aliphatic heterocycles. The van der Waals surface area contributed by atoms with Gasteiger partial charge in [-0.25, -0.2) is 0 Å². The van der Waals surface area contributed by atoms with Crippen LogP contribution in [0.25, 0.3) is 0 Å². The number of halogens is 2. The second-order valence-electron chi connectivity index (χ2n) is 4.37. The van der Waals surface area contributed by atoms with Gasteiger partial charge in [0.2, 0.25) is 0 Å². The maximum Gasteiger partial charge on any atom is 0.279 e. The first kappa shape index (κ1) is 18.1. The molecule has 2 aromatic rings. The molecule has 0 saturated carbocycles. The molecule has 0 aliphatic rings. The van der Waals surface area contributed by atoms with Crippen molar-refractivity contribution in [3.8, 4) is 0 Å². The summed E-state index contributed by atoms with van der Waals surface area (Å²) in [5.41, 5.74) is 4.59. The fourth-order valence-electron chi connectivity index (χ4n) is 1.57. The van der Waals surface area contributed by atoms with Gasteiger partial charge in [-0.1, -0.05) is 0 Å². The van der Waals surface area contributed by atoms with E-state index >= 15 is 0 Å². The minimum atomic E-state index is -0.486. The minimum Gasteiger partial charge on any atom is -0.332 e. The summed E-state index contributed by atoms with van der Waals surface area (Å²) in [6.07, 6.45) is 0. The van der Waals surface area contributed by atoms with Gasteiger partial charge in [0.15, 0.2) is 0 Å². The largest absolute Gasteiger partial charge is 0.332 e. The molecule has 10 heteroatoms. The summed E-state index contributed by atoms with van der Waals surface area (Å²) in [5, 5.41) is 0. The molecule has 0 aromatic carbocycles. The lowest BCUT2D eigenvalue weighted by Gasteiger charge is -2.15. The fourth-order valence-corrected chi connectivity index (χ4v) is 4.23. The summed E-state index contributed by atoms with van der Waals surface area (Å²) in [4.78, 5) is 38.0. The van der Waals surface area contributed by atoms with Crippen molar-refractivity contribution < 1.29 is 14.4 Å². The summed E-state index contributed by atoms with van der Waals surface area (Å²) in [7, 11) is 1.52. The zero-order valence-corrected chi connectivity index (χ0v) is 16.6. The number of thiophene rings is 2. The summed E-state index contributed by atoms with van der Waals surface area (Å²) >= 11 is 9.08. The molecule has 0 saturated heterocycles. The standard InChI is InChI=1S/C13H11Br2N3O3S2/c1-18(13(21)8-3-5-10(15)23-8)6-11(19)16-17-12(20)7-2-4-9(14)22-7/h2-5H,6H2,1H3,(H,16,19)(H,17,20). The zero-order chi connectivity index (χ0) is 17.0. The van der Waals surface area contributed by atoms with Crippen molar-refractivity contribution in [3.05, 3.63) is 41.6 Å². The highest BCUT2D eigenvalue weighted by molar-refractivity contribution is 9.11. The van der Waals surface area contributed by atoms with Crippen LogP contribution in [0.1, 0.15) is 19.3 Å². The monoisotopic (exact) mass is 479 g/mol. The van der Waals surface area contributed by atoms with E-state index < -0.39 is 11.8 Å². The van der Waals surface area contributed by atoms with Crippen LogP contribution < -0.4 is 10.9 Å². The molecule has 0 fully saturated rings. The number of carbonyl (C=O) groups is 3. The van der Waals surface area contributed by atoms with Crippen molar-refractivity contribution in [2.45, 2.75) is 0 Å². The first-order valence-electron chi connectivity index (χ1n) is 6.22. The Morgan fingerprint density at radius 3 is 2.09 bits per heavy atom. The molecular weight excluding hydrogens is 470 g/mol. The quantitative estimate of drug-likeness (QED) is 0.660. The van der Waals surface area contributed by atoms with Gasteiger partial charge >= 0.3 is 0 Å². The van der Waals surface area contributed by atoms with Crippen molar-refractivity contribution in [3.63, 3.8) is 0 Å². The minimum absolute atomic E-state index is 0.164. The molecule has 0 spiro atoms. The van der Waals surface area contributed by atoms with E-state index in [9.17, 15) is 14.4 Å². The molecule has 6 nitrogen and oxygen atoms in total. The molecule has 2 heterocycles. The third-order valence-electron chi connectivity index (χ3n) is 2.62. The van der Waals surface area contributed by atoms with Crippen LogP contribution in [-0.2, 0) is 4.79 Å². The van der Waals surface area contributed by atoms with Crippen molar-refractivity contribution in [2.24, 2.45) is 0 Å². The Morgan fingerprint density at radius 1 is 1.00 bits per heavy atom. The molecule has 122 valence electrons. The number of nitrogens with zero attached hydrogens (tertiary/aromatic N) is 1. The third-order valence-corrected chi connectivity index (χ3v) is 5.86. The van der Waals surface area contributed by atoms with Gasteiger partial charge in [-0.2, -0.15) is 0 Å². The third kappa shape index (κ3) is 5.13. The summed E-state index contributed by atoms with van der Waals surface area (Å²) in [6.45, 7) is -0.164. The molecule has 0 unspecified atom stereocenters. The Hall–Kier alpha value is -1.23. The number of nitrogens with one attached hydrogen (secondary N) is 2. The van der Waals surface area contributed by atoms with Crippen LogP contribution in [0.3, 0.4) is 0 Å². The van der Waals surface area contributed by atoms with E-state index in [0.717, 1.165) is 7.57 Å². The van der Waals surface area contributed by atoms with E-state index in [1.165, 1.54) is 34.6 Å². The van der Waals surface area contributed by atoms with E-state index in [4.69, 9.17) is 0 Å². The number of likely N-dealkylation sites (N-methyl/N-ethyl adjacent to an activating group) is 1. The van der Waals surface area contributed by atoms with E-state index in [1.54, 1.807) is 24.3 Å². The molecule has 0 atom stereocenters. The van der Waals surface area contributed by atoms with Gasteiger partial charge in [-0.05, 0) is 56.1 Å². The number of hydrogen-bond donors (Lipinski definition) is 2. The van der Waals surface area contributed by atoms with Crippen LogP contribution in [0.5, 0.6) is 0 Å². The second-order valence-corrected chi connectivity index (χ2v) is 9.30. The van der Waals surface area contributed by atoms with Crippen LogP contribution in [-0.4, -0.2) is 36.2 Å². The van der Waals surface area contributed by atoms with E-state index in [2.05, 4.69) is 42.7 Å². The van der Waals surface area contributed by atoms with Gasteiger partial charge in [-0.3, -0.25) is 25.2 Å². The highest BCUT2D eigenvalue weighted by Crippen LogP contribution is 2.23. The van der Waals surface area contributed by atoms with E-state index in [-0.39, 0.29) is 12.5 Å². The Balaban J connectivity index is 1.82. The molecule has 0 bridgehead atoms. The Morgan fingerprint density at radius 2 is 1.57 bits per heavy atom. The first-order chi connectivity index (χ1) is 10.9. The molecular formula is C13H11Br2N3O3S2. The van der Waals surface area contributed by atoms with Crippen LogP contribution in [0.15, 0.2) is 31.8 Å². The van der Waals surface area contributed by atoms with Gasteiger partial charge in [0.05, 0.1) is 17.3 Å². The topological polar surface area (TPSA) is 78.5 Å². The van der Waals surface area contributed by atoms with Gasteiger partial charge in [0, 0.05) is 7.05 Å². The Kier molecular flexibility index (Phi) is 6.33. The van der Waals surface area contributed by atoms with Crippen molar-refractivity contribution in [2.75, 3.05) is 13.6 Å². The molecule has 23 heavy (non-hydrogen) atoms. The summed E-state index contributed by atoms with van der Waals surface area (Å²) in [5.74, 6) is -1.16. The molecule has 2 aromatic heterocycles. The van der Waals surface area contributed by atoms with Gasteiger partial charge in [0.1, 0.15) is 6.54 Å². The average molecular weight is 481 g/mol. The number of amides is 3. The van der Waals surface area contributed by atoms with Crippen molar-refractivity contribution in [1.82, 2.24) is 15.8 Å². The maximum atomic E-state index is 12.1. The van der Waals surface area contributed by atoms with Crippen LogP contribution in [0.2, 0.25) is 0 Å². The van der Waals surface area contributed by atoms with Gasteiger partial charge < -0.3 is 4.90 Å². The number of rotatable bonds is 4. The van der Waals surface area contributed by atoms with Crippen LogP contribution in [0.4, 0.5) is 0 Å². The smallest absolute Gasteiger partial charge is 0.279 e. The zero-order valence-electron chi connectivity index (χ0n) is 11.8. The maximum absolute atomic E-state index is 12.1. The predicted octanol–water partition coefficient (Wildman–Crippen LogP) is 2.87. The van der Waals surface area contributed by atoms with E-state index in [1.807, 2.05) is 0 Å². The average Bonchev–Trinajstić information content (AvgIpc) is 3.12. The SMILES string of the molecule is CN(CC(=O)NNC(=O)c1ccc(Br)s1)C(=O)c1ccc(Br)s1. The summed E-state index contributed by atoms with van der Waals surface area (Å²) < 4.78 is 1.66. The molecule has 0 radical (unpaired) electrons. The lowest BCUT2D eigenvalue weighted by molar-refractivity contribution is -0.122. The number of carbonyl (C=O) groups excluding carboxylic acids is 3. The fraction of sp³-hybridized carbons (Fsp3) is 0.154. The molecule has 3 amide bonds. The molecule has 0 aliphatic carbocycles.